The zero-order valence-corrected chi connectivity index (χ0v) is 15.7. The second-order valence-corrected chi connectivity index (χ2v) is 7.83. The van der Waals surface area contributed by atoms with Crippen LogP contribution in [0.3, 0.4) is 0 Å². The molecule has 2 aliphatic rings. The highest BCUT2D eigenvalue weighted by Crippen LogP contribution is 2.35. The maximum Gasteiger partial charge on any atom is 0.410 e. The lowest BCUT2D eigenvalue weighted by Gasteiger charge is -2.31. The third kappa shape index (κ3) is 4.24. The van der Waals surface area contributed by atoms with Gasteiger partial charge in [0.2, 0.25) is 0 Å². The van der Waals surface area contributed by atoms with E-state index in [2.05, 4.69) is 22.9 Å². The number of amides is 1. The summed E-state index contributed by atoms with van der Waals surface area (Å²) in [5, 5.41) is 0. The monoisotopic (exact) mass is 347 g/mol. The van der Waals surface area contributed by atoms with Crippen molar-refractivity contribution in [3.05, 3.63) is 23.4 Å². The molecule has 2 aliphatic heterocycles. The minimum Gasteiger partial charge on any atom is -0.444 e. The molecule has 6 nitrogen and oxygen atoms in total. The molecule has 138 valence electrons. The van der Waals surface area contributed by atoms with Gasteiger partial charge >= 0.3 is 6.09 Å². The number of hydrogen-bond acceptors (Lipinski definition) is 5. The number of rotatable bonds is 2. The van der Waals surface area contributed by atoms with Crippen LogP contribution in [0.15, 0.2) is 12.3 Å². The van der Waals surface area contributed by atoms with Gasteiger partial charge in [-0.05, 0) is 57.7 Å². The Morgan fingerprint density at radius 3 is 2.64 bits per heavy atom. The first-order valence-electron chi connectivity index (χ1n) is 9.14. The number of anilines is 1. The molecule has 0 spiro atoms. The lowest BCUT2D eigenvalue weighted by Crippen LogP contribution is -2.37. The van der Waals surface area contributed by atoms with Crippen molar-refractivity contribution in [1.82, 2.24) is 9.88 Å². The van der Waals surface area contributed by atoms with Gasteiger partial charge in [-0.3, -0.25) is 0 Å². The number of hydrogen-bond donors (Lipinski definition) is 0. The second-order valence-electron chi connectivity index (χ2n) is 7.83. The van der Waals surface area contributed by atoms with E-state index >= 15 is 0 Å². The van der Waals surface area contributed by atoms with Crippen LogP contribution in [0.5, 0.6) is 0 Å². The molecule has 1 aromatic heterocycles. The van der Waals surface area contributed by atoms with Crippen molar-refractivity contribution in [2.75, 3.05) is 37.7 Å². The first kappa shape index (κ1) is 18.0. The van der Waals surface area contributed by atoms with Crippen LogP contribution in [0.25, 0.3) is 0 Å². The number of carbonyl (C=O) groups is 1. The standard InChI is InChI=1S/C19H29N3O3/c1-14-12-17(21-8-10-24-11-9-21)20-13-15(14)16-6-5-7-22(16)18(23)25-19(2,3)4/h12-13,16H,5-11H2,1-4H3. The number of aromatic nitrogens is 1. The van der Waals surface area contributed by atoms with Crippen LogP contribution < -0.4 is 4.90 Å². The largest absolute Gasteiger partial charge is 0.444 e. The summed E-state index contributed by atoms with van der Waals surface area (Å²) in [5.41, 5.74) is 1.83. The molecule has 0 bridgehead atoms. The first-order valence-corrected chi connectivity index (χ1v) is 9.14. The maximum atomic E-state index is 12.5. The van der Waals surface area contributed by atoms with Crippen LogP contribution in [0.2, 0.25) is 0 Å². The number of pyridine rings is 1. The predicted molar refractivity (Wildman–Crippen MR) is 96.9 cm³/mol. The van der Waals surface area contributed by atoms with Gasteiger partial charge in [-0.15, -0.1) is 0 Å². The molecule has 0 aromatic carbocycles. The molecule has 1 amide bonds. The Hall–Kier alpha value is -1.82. The van der Waals surface area contributed by atoms with E-state index in [0.29, 0.717) is 0 Å². The fourth-order valence-electron chi connectivity index (χ4n) is 3.50. The first-order chi connectivity index (χ1) is 11.8. The molecule has 2 saturated heterocycles. The molecule has 3 rings (SSSR count). The van der Waals surface area contributed by atoms with Gasteiger partial charge in [-0.25, -0.2) is 9.78 Å². The van der Waals surface area contributed by atoms with Crippen LogP contribution in [-0.2, 0) is 9.47 Å². The molecule has 1 atom stereocenters. The number of aryl methyl sites for hydroxylation is 1. The average molecular weight is 347 g/mol. The molecular weight excluding hydrogens is 318 g/mol. The van der Waals surface area contributed by atoms with E-state index in [1.807, 2.05) is 31.9 Å². The molecule has 1 aromatic rings. The molecular formula is C19H29N3O3. The van der Waals surface area contributed by atoms with E-state index in [9.17, 15) is 4.79 Å². The molecule has 1 unspecified atom stereocenters. The minimum atomic E-state index is -0.474. The summed E-state index contributed by atoms with van der Waals surface area (Å²) >= 11 is 0. The Balaban J connectivity index is 1.77. The maximum absolute atomic E-state index is 12.5. The fourth-order valence-corrected chi connectivity index (χ4v) is 3.50. The fraction of sp³-hybridized carbons (Fsp3) is 0.684. The van der Waals surface area contributed by atoms with Gasteiger partial charge in [0.1, 0.15) is 11.4 Å². The Morgan fingerprint density at radius 1 is 1.28 bits per heavy atom. The minimum absolute atomic E-state index is 0.0566. The van der Waals surface area contributed by atoms with Gasteiger partial charge in [0.05, 0.1) is 19.3 Å². The van der Waals surface area contributed by atoms with E-state index < -0.39 is 5.60 Å². The van der Waals surface area contributed by atoms with E-state index in [1.54, 1.807) is 0 Å². The molecule has 2 fully saturated rings. The van der Waals surface area contributed by atoms with E-state index in [1.165, 1.54) is 5.56 Å². The number of morpholine rings is 1. The van der Waals surface area contributed by atoms with Gasteiger partial charge in [0.25, 0.3) is 0 Å². The lowest BCUT2D eigenvalue weighted by molar-refractivity contribution is 0.0224. The third-order valence-electron chi connectivity index (χ3n) is 4.71. The zero-order valence-electron chi connectivity index (χ0n) is 15.7. The molecule has 0 saturated carbocycles. The summed E-state index contributed by atoms with van der Waals surface area (Å²) in [6.45, 7) is 11.8. The van der Waals surface area contributed by atoms with Crippen molar-refractivity contribution in [3.63, 3.8) is 0 Å². The van der Waals surface area contributed by atoms with E-state index in [-0.39, 0.29) is 12.1 Å². The average Bonchev–Trinajstić information content (AvgIpc) is 3.03. The van der Waals surface area contributed by atoms with Crippen LogP contribution >= 0.6 is 0 Å². The molecule has 0 N–H and O–H groups in total. The summed E-state index contributed by atoms with van der Waals surface area (Å²) in [5.74, 6) is 0.992. The summed E-state index contributed by atoms with van der Waals surface area (Å²) in [7, 11) is 0. The van der Waals surface area contributed by atoms with Gasteiger partial charge in [-0.2, -0.15) is 0 Å². The number of likely N-dealkylation sites (tertiary alicyclic amines) is 1. The van der Waals surface area contributed by atoms with Crippen LogP contribution in [0.4, 0.5) is 10.6 Å². The van der Waals surface area contributed by atoms with Crippen molar-refractivity contribution in [2.24, 2.45) is 0 Å². The van der Waals surface area contributed by atoms with Crippen LogP contribution in [0.1, 0.15) is 50.8 Å². The predicted octanol–water partition coefficient (Wildman–Crippen LogP) is 3.30. The van der Waals surface area contributed by atoms with E-state index in [4.69, 9.17) is 9.47 Å². The van der Waals surface area contributed by atoms with Crippen molar-refractivity contribution in [2.45, 2.75) is 52.2 Å². The Bertz CT molecular complexity index is 621. The Kier molecular flexibility index (Phi) is 5.18. The van der Waals surface area contributed by atoms with Gasteiger partial charge in [-0.1, -0.05) is 0 Å². The van der Waals surface area contributed by atoms with Crippen molar-refractivity contribution in [3.8, 4) is 0 Å². The number of nitrogens with zero attached hydrogens (tertiary/aromatic N) is 3. The molecule has 0 radical (unpaired) electrons. The highest BCUT2D eigenvalue weighted by Gasteiger charge is 2.34. The summed E-state index contributed by atoms with van der Waals surface area (Å²) in [6, 6.07) is 2.19. The number of ether oxygens (including phenoxy) is 2. The Morgan fingerprint density at radius 2 is 2.00 bits per heavy atom. The Labute approximate surface area is 150 Å². The third-order valence-corrected chi connectivity index (χ3v) is 4.71. The van der Waals surface area contributed by atoms with Crippen LogP contribution in [-0.4, -0.2) is 54.4 Å². The highest BCUT2D eigenvalue weighted by atomic mass is 16.6. The lowest BCUT2D eigenvalue weighted by atomic mass is 10.0. The topological polar surface area (TPSA) is 54.9 Å². The van der Waals surface area contributed by atoms with Crippen LogP contribution in [0, 0.1) is 6.92 Å². The van der Waals surface area contributed by atoms with Gasteiger partial charge in [0, 0.05) is 25.8 Å². The SMILES string of the molecule is Cc1cc(N2CCOCC2)ncc1C1CCCN1C(=O)OC(C)(C)C. The number of carbonyl (C=O) groups excluding carboxylic acids is 1. The quantitative estimate of drug-likeness (QED) is 0.822. The van der Waals surface area contributed by atoms with Crippen molar-refractivity contribution < 1.29 is 14.3 Å². The van der Waals surface area contributed by atoms with Crippen molar-refractivity contribution in [1.29, 1.82) is 0 Å². The van der Waals surface area contributed by atoms with Crippen molar-refractivity contribution >= 4 is 11.9 Å². The molecule has 0 aliphatic carbocycles. The summed E-state index contributed by atoms with van der Waals surface area (Å²) in [4.78, 5) is 21.3. The molecule has 6 heteroatoms. The summed E-state index contributed by atoms with van der Waals surface area (Å²) < 4.78 is 11.0. The van der Waals surface area contributed by atoms with Gasteiger partial charge < -0.3 is 19.3 Å². The normalized spacial score (nSPS) is 21.5. The van der Waals surface area contributed by atoms with E-state index in [0.717, 1.165) is 57.1 Å². The highest BCUT2D eigenvalue weighted by molar-refractivity contribution is 5.69. The zero-order chi connectivity index (χ0) is 18.0. The second kappa shape index (κ2) is 7.20. The molecule has 3 heterocycles. The summed E-state index contributed by atoms with van der Waals surface area (Å²) in [6.07, 6.45) is 3.66. The smallest absolute Gasteiger partial charge is 0.410 e. The van der Waals surface area contributed by atoms with Gasteiger partial charge in [0.15, 0.2) is 0 Å². The molecule has 25 heavy (non-hydrogen) atoms.